The third-order valence-electron chi connectivity index (χ3n) is 3.46. The molecule has 1 aromatic carbocycles. The van der Waals surface area contributed by atoms with Crippen molar-refractivity contribution in [2.24, 2.45) is 5.92 Å². The number of para-hydroxylation sites is 1. The van der Waals surface area contributed by atoms with Crippen LogP contribution < -0.4 is 16.2 Å². The van der Waals surface area contributed by atoms with Gasteiger partial charge < -0.3 is 5.32 Å². The molecule has 1 heterocycles. The molecule has 1 amide bonds. The van der Waals surface area contributed by atoms with Crippen molar-refractivity contribution in [1.29, 1.82) is 0 Å². The van der Waals surface area contributed by atoms with Crippen LogP contribution in [-0.4, -0.2) is 20.8 Å². The molecule has 0 aliphatic carbocycles. The van der Waals surface area contributed by atoms with E-state index in [1.165, 1.54) is 0 Å². The van der Waals surface area contributed by atoms with Crippen molar-refractivity contribution in [2.75, 3.05) is 5.32 Å². The molecule has 6 nitrogen and oxygen atoms in total. The maximum Gasteiger partial charge on any atom is 0.243 e. The van der Waals surface area contributed by atoms with Crippen LogP contribution in [0.1, 0.15) is 19.4 Å². The topological polar surface area (TPSA) is 71.0 Å². The Labute approximate surface area is 155 Å². The smallest absolute Gasteiger partial charge is 0.243 e. The summed E-state index contributed by atoms with van der Waals surface area (Å²) in [5.74, 6) is -0.412. The Morgan fingerprint density at radius 3 is 2.79 bits per heavy atom. The van der Waals surface area contributed by atoms with Gasteiger partial charge in [0, 0.05) is 11.9 Å². The molecule has 0 saturated heterocycles. The van der Waals surface area contributed by atoms with E-state index in [0.29, 0.717) is 11.7 Å². The summed E-state index contributed by atoms with van der Waals surface area (Å²) < 4.78 is 2.59. The summed E-state index contributed by atoms with van der Waals surface area (Å²) in [6, 6.07) is 7.91. The van der Waals surface area contributed by atoms with E-state index < -0.39 is 0 Å². The summed E-state index contributed by atoms with van der Waals surface area (Å²) in [6.07, 6.45) is 4.41. The van der Waals surface area contributed by atoms with Gasteiger partial charge in [-0.05, 0) is 46.2 Å². The molecule has 0 bridgehead atoms. The number of aryl methyl sites for hydroxylation is 1. The van der Waals surface area contributed by atoms with Crippen LogP contribution in [0.5, 0.6) is 0 Å². The third-order valence-corrected chi connectivity index (χ3v) is 4.07. The Kier molecular flexibility index (Phi) is 6.74. The molecule has 0 radical (unpaired) electrons. The number of rotatable bonds is 5. The number of anilines is 1. The van der Waals surface area contributed by atoms with E-state index in [-0.39, 0.29) is 11.8 Å². The number of hydrogen-bond acceptors (Lipinski definition) is 3. The molecule has 24 heavy (non-hydrogen) atoms. The van der Waals surface area contributed by atoms with Crippen molar-refractivity contribution in [3.63, 3.8) is 0 Å². The second-order valence-electron chi connectivity index (χ2n) is 5.36. The zero-order valence-corrected chi connectivity index (χ0v) is 15.9. The fourth-order valence-electron chi connectivity index (χ4n) is 2.15. The monoisotopic (exact) mass is 409 g/mol. The molecule has 0 saturated carbocycles. The third kappa shape index (κ3) is 5.31. The van der Waals surface area contributed by atoms with E-state index in [1.54, 1.807) is 10.9 Å². The van der Waals surface area contributed by atoms with Crippen molar-refractivity contribution in [3.05, 3.63) is 46.7 Å². The average molecular weight is 410 g/mol. The largest absolute Gasteiger partial charge is 0.331 e. The normalized spacial score (nSPS) is 11.6. The molecule has 128 valence electrons. The van der Waals surface area contributed by atoms with Gasteiger partial charge in [0.2, 0.25) is 5.91 Å². The SMILES string of the molecule is CCc1ccccc1NC(=S)NNC(=O)[C@H](C)Cn1cc(Br)cn1. The summed E-state index contributed by atoms with van der Waals surface area (Å²) in [7, 11) is 0. The lowest BCUT2D eigenvalue weighted by molar-refractivity contribution is -0.125. The molecule has 0 fully saturated rings. The molecule has 2 aromatic rings. The van der Waals surface area contributed by atoms with E-state index in [2.05, 4.69) is 44.1 Å². The van der Waals surface area contributed by atoms with E-state index in [0.717, 1.165) is 22.1 Å². The molecule has 0 aliphatic heterocycles. The van der Waals surface area contributed by atoms with Crippen LogP contribution in [0.25, 0.3) is 0 Å². The zero-order chi connectivity index (χ0) is 17.5. The Hall–Kier alpha value is -1.93. The van der Waals surface area contributed by atoms with E-state index in [9.17, 15) is 4.79 Å². The van der Waals surface area contributed by atoms with Crippen molar-refractivity contribution in [3.8, 4) is 0 Å². The first-order valence-corrected chi connectivity index (χ1v) is 8.82. The second-order valence-corrected chi connectivity index (χ2v) is 6.68. The van der Waals surface area contributed by atoms with Gasteiger partial charge in [0.1, 0.15) is 0 Å². The molecule has 3 N–H and O–H groups in total. The zero-order valence-electron chi connectivity index (χ0n) is 13.5. The van der Waals surface area contributed by atoms with Crippen LogP contribution in [-0.2, 0) is 17.8 Å². The van der Waals surface area contributed by atoms with Crippen LogP contribution in [0, 0.1) is 5.92 Å². The number of thiocarbonyl (C=S) groups is 1. The van der Waals surface area contributed by atoms with E-state index in [4.69, 9.17) is 12.2 Å². The van der Waals surface area contributed by atoms with Crippen molar-refractivity contribution >= 4 is 44.9 Å². The average Bonchev–Trinajstić information content (AvgIpc) is 2.98. The summed E-state index contributed by atoms with van der Waals surface area (Å²) in [6.45, 7) is 4.39. The highest BCUT2D eigenvalue weighted by molar-refractivity contribution is 9.10. The molecule has 0 aliphatic rings. The predicted molar refractivity (Wildman–Crippen MR) is 102 cm³/mol. The molecule has 8 heteroatoms. The first-order chi connectivity index (χ1) is 11.5. The standard InChI is InChI=1S/C16H20BrN5OS/c1-3-12-6-4-5-7-14(12)19-16(24)21-20-15(23)11(2)9-22-10-13(17)8-18-22/h4-8,10-11H,3,9H2,1-2H3,(H,20,23)(H2,19,21,24)/t11-/m1/s1. The molecule has 2 rings (SSSR count). The van der Waals surface area contributed by atoms with Gasteiger partial charge in [-0.25, -0.2) is 0 Å². The van der Waals surface area contributed by atoms with Crippen LogP contribution >= 0.6 is 28.1 Å². The Balaban J connectivity index is 1.81. The predicted octanol–water partition coefficient (Wildman–Crippen LogP) is 2.86. The number of nitrogens with zero attached hydrogens (tertiary/aromatic N) is 2. The Morgan fingerprint density at radius 2 is 2.12 bits per heavy atom. The van der Waals surface area contributed by atoms with Gasteiger partial charge in [0.25, 0.3) is 0 Å². The first kappa shape index (κ1) is 18.4. The fourth-order valence-corrected chi connectivity index (χ4v) is 2.64. The lowest BCUT2D eigenvalue weighted by atomic mass is 10.1. The van der Waals surface area contributed by atoms with E-state index in [1.807, 2.05) is 37.4 Å². The van der Waals surface area contributed by atoms with Crippen LogP contribution in [0.3, 0.4) is 0 Å². The maximum absolute atomic E-state index is 12.1. The number of aromatic nitrogens is 2. The Morgan fingerprint density at radius 1 is 1.38 bits per heavy atom. The van der Waals surface area contributed by atoms with Gasteiger partial charge in [0.05, 0.1) is 23.1 Å². The Bertz CT molecular complexity index is 718. The van der Waals surface area contributed by atoms with Crippen LogP contribution in [0.4, 0.5) is 5.69 Å². The summed E-state index contributed by atoms with van der Waals surface area (Å²) in [5, 5.41) is 7.58. The quantitative estimate of drug-likeness (QED) is 0.523. The molecule has 0 spiro atoms. The fraction of sp³-hybridized carbons (Fsp3) is 0.312. The lowest BCUT2D eigenvalue weighted by Gasteiger charge is -2.16. The summed E-state index contributed by atoms with van der Waals surface area (Å²) >= 11 is 8.55. The summed E-state index contributed by atoms with van der Waals surface area (Å²) in [4.78, 5) is 12.1. The minimum Gasteiger partial charge on any atom is -0.331 e. The van der Waals surface area contributed by atoms with Gasteiger partial charge in [-0.3, -0.25) is 20.3 Å². The highest BCUT2D eigenvalue weighted by Crippen LogP contribution is 2.15. The number of nitrogens with one attached hydrogen (secondary N) is 3. The molecule has 1 atom stereocenters. The minimum atomic E-state index is -0.255. The van der Waals surface area contributed by atoms with Gasteiger partial charge in [-0.2, -0.15) is 5.10 Å². The summed E-state index contributed by atoms with van der Waals surface area (Å²) in [5.41, 5.74) is 7.45. The van der Waals surface area contributed by atoms with Gasteiger partial charge >= 0.3 is 0 Å². The maximum atomic E-state index is 12.1. The van der Waals surface area contributed by atoms with Gasteiger partial charge in [-0.15, -0.1) is 0 Å². The number of amides is 1. The highest BCUT2D eigenvalue weighted by Gasteiger charge is 2.14. The number of carbonyl (C=O) groups is 1. The van der Waals surface area contributed by atoms with E-state index >= 15 is 0 Å². The van der Waals surface area contributed by atoms with Gasteiger partial charge in [0.15, 0.2) is 5.11 Å². The molecule has 0 unspecified atom stereocenters. The van der Waals surface area contributed by atoms with Crippen molar-refractivity contribution in [2.45, 2.75) is 26.8 Å². The highest BCUT2D eigenvalue weighted by atomic mass is 79.9. The van der Waals surface area contributed by atoms with Gasteiger partial charge in [-0.1, -0.05) is 32.0 Å². The van der Waals surface area contributed by atoms with Crippen LogP contribution in [0.2, 0.25) is 0 Å². The molecular weight excluding hydrogens is 390 g/mol. The lowest BCUT2D eigenvalue weighted by Crippen LogP contribution is -2.46. The van der Waals surface area contributed by atoms with Crippen LogP contribution in [0.15, 0.2) is 41.1 Å². The minimum absolute atomic E-state index is 0.158. The molecular formula is C16H20BrN5OS. The second kappa shape index (κ2) is 8.79. The number of benzene rings is 1. The number of hydrogen-bond donors (Lipinski definition) is 3. The number of hydrazine groups is 1. The van der Waals surface area contributed by atoms with Crippen molar-refractivity contribution in [1.82, 2.24) is 20.6 Å². The number of carbonyl (C=O) groups excluding carboxylic acids is 1. The number of halogens is 1. The van der Waals surface area contributed by atoms with Crippen molar-refractivity contribution < 1.29 is 4.79 Å². The molecule has 1 aromatic heterocycles. The first-order valence-electron chi connectivity index (χ1n) is 7.62.